The zero-order valence-electron chi connectivity index (χ0n) is 10.8. The molecule has 1 aliphatic rings. The van der Waals surface area contributed by atoms with Gasteiger partial charge in [0.05, 0.1) is 18.4 Å². The summed E-state index contributed by atoms with van der Waals surface area (Å²) in [5, 5.41) is 4.17. The topological polar surface area (TPSA) is 53.1 Å². The van der Waals surface area contributed by atoms with Crippen LogP contribution < -0.4 is 5.73 Å². The third-order valence-corrected chi connectivity index (χ3v) is 3.63. The molecule has 1 aliphatic carbocycles. The van der Waals surface area contributed by atoms with Crippen LogP contribution in [0.5, 0.6) is 0 Å². The molecule has 0 spiro atoms. The van der Waals surface area contributed by atoms with Crippen molar-refractivity contribution in [3.05, 3.63) is 18.0 Å². The van der Waals surface area contributed by atoms with Gasteiger partial charge < -0.3 is 10.5 Å². The van der Waals surface area contributed by atoms with E-state index in [-0.39, 0.29) is 6.10 Å². The van der Waals surface area contributed by atoms with Crippen LogP contribution in [-0.2, 0) is 11.8 Å². The van der Waals surface area contributed by atoms with Crippen LogP contribution in [0.15, 0.2) is 12.4 Å². The van der Waals surface area contributed by atoms with E-state index in [1.54, 1.807) is 4.68 Å². The lowest BCUT2D eigenvalue weighted by Gasteiger charge is -2.29. The van der Waals surface area contributed by atoms with Crippen LogP contribution in [0.1, 0.15) is 44.3 Å². The van der Waals surface area contributed by atoms with E-state index in [1.807, 2.05) is 19.4 Å². The van der Waals surface area contributed by atoms with Gasteiger partial charge in [-0.2, -0.15) is 5.10 Å². The summed E-state index contributed by atoms with van der Waals surface area (Å²) < 4.78 is 7.91. The van der Waals surface area contributed by atoms with E-state index in [0.29, 0.717) is 12.6 Å². The molecule has 0 aliphatic heterocycles. The average Bonchev–Trinajstić information content (AvgIpc) is 2.75. The van der Waals surface area contributed by atoms with Gasteiger partial charge >= 0.3 is 0 Å². The predicted molar refractivity (Wildman–Crippen MR) is 67.5 cm³/mol. The first-order valence-electron chi connectivity index (χ1n) is 6.53. The molecule has 1 aromatic rings. The van der Waals surface area contributed by atoms with Gasteiger partial charge in [0.1, 0.15) is 0 Å². The molecular formula is C13H23N3O. The van der Waals surface area contributed by atoms with Crippen molar-refractivity contribution >= 4 is 0 Å². The molecule has 2 N–H and O–H groups in total. The zero-order chi connectivity index (χ0) is 12.3. The van der Waals surface area contributed by atoms with Gasteiger partial charge in [0, 0.05) is 25.4 Å². The SMILES string of the molecule is CC1CCC(OC(CN)c2cnn(C)c2)CC1. The molecule has 1 saturated carbocycles. The number of aryl methyl sites for hydroxylation is 1. The Morgan fingerprint density at radius 2 is 2.18 bits per heavy atom. The Labute approximate surface area is 103 Å². The van der Waals surface area contributed by atoms with E-state index < -0.39 is 0 Å². The third-order valence-electron chi connectivity index (χ3n) is 3.63. The van der Waals surface area contributed by atoms with Gasteiger partial charge in [-0.05, 0) is 31.6 Å². The van der Waals surface area contributed by atoms with Crippen LogP contribution in [0, 0.1) is 5.92 Å². The molecule has 4 nitrogen and oxygen atoms in total. The molecule has 96 valence electrons. The van der Waals surface area contributed by atoms with Crippen molar-refractivity contribution in [3.63, 3.8) is 0 Å². The van der Waals surface area contributed by atoms with Crippen molar-refractivity contribution in [2.45, 2.75) is 44.8 Å². The number of rotatable bonds is 4. The van der Waals surface area contributed by atoms with Crippen molar-refractivity contribution < 1.29 is 4.74 Å². The lowest BCUT2D eigenvalue weighted by molar-refractivity contribution is -0.0328. The van der Waals surface area contributed by atoms with E-state index in [2.05, 4.69) is 12.0 Å². The average molecular weight is 237 g/mol. The lowest BCUT2D eigenvalue weighted by atomic mass is 9.89. The predicted octanol–water partition coefficient (Wildman–Crippen LogP) is 2.02. The lowest BCUT2D eigenvalue weighted by Crippen LogP contribution is -2.26. The van der Waals surface area contributed by atoms with Gasteiger partial charge in [0.2, 0.25) is 0 Å². The summed E-state index contributed by atoms with van der Waals surface area (Å²) in [5.74, 6) is 0.851. The summed E-state index contributed by atoms with van der Waals surface area (Å²) in [4.78, 5) is 0. The first-order chi connectivity index (χ1) is 8.19. The Balaban J connectivity index is 1.91. The quantitative estimate of drug-likeness (QED) is 0.871. The molecule has 0 amide bonds. The molecule has 0 aromatic carbocycles. The molecule has 2 rings (SSSR count). The molecule has 17 heavy (non-hydrogen) atoms. The minimum absolute atomic E-state index is 0.00195. The largest absolute Gasteiger partial charge is 0.369 e. The van der Waals surface area contributed by atoms with Gasteiger partial charge in [-0.3, -0.25) is 4.68 Å². The summed E-state index contributed by atoms with van der Waals surface area (Å²) in [6.45, 7) is 2.84. The van der Waals surface area contributed by atoms with Gasteiger partial charge in [0.15, 0.2) is 0 Å². The molecule has 1 atom stereocenters. The Morgan fingerprint density at radius 3 is 2.71 bits per heavy atom. The van der Waals surface area contributed by atoms with E-state index in [1.165, 1.54) is 12.8 Å². The fourth-order valence-corrected chi connectivity index (χ4v) is 2.47. The molecule has 1 heterocycles. The number of aromatic nitrogens is 2. The van der Waals surface area contributed by atoms with Crippen LogP contribution in [-0.4, -0.2) is 22.4 Å². The third kappa shape index (κ3) is 3.30. The Bertz CT molecular complexity index is 342. The first-order valence-corrected chi connectivity index (χ1v) is 6.53. The molecule has 0 radical (unpaired) electrons. The second-order valence-corrected chi connectivity index (χ2v) is 5.19. The fourth-order valence-electron chi connectivity index (χ4n) is 2.47. The molecule has 0 bridgehead atoms. The molecule has 1 fully saturated rings. The highest BCUT2D eigenvalue weighted by molar-refractivity contribution is 5.08. The van der Waals surface area contributed by atoms with E-state index in [9.17, 15) is 0 Å². The monoisotopic (exact) mass is 237 g/mol. The van der Waals surface area contributed by atoms with Crippen LogP contribution >= 0.6 is 0 Å². The van der Waals surface area contributed by atoms with E-state index in [4.69, 9.17) is 10.5 Å². The Kier molecular flexibility index (Phi) is 4.18. The van der Waals surface area contributed by atoms with Crippen LogP contribution in [0.25, 0.3) is 0 Å². The number of ether oxygens (including phenoxy) is 1. The number of hydrogen-bond donors (Lipinski definition) is 1. The number of hydrogen-bond acceptors (Lipinski definition) is 3. The number of nitrogens with zero attached hydrogens (tertiary/aromatic N) is 2. The van der Waals surface area contributed by atoms with Crippen molar-refractivity contribution in [2.24, 2.45) is 18.7 Å². The van der Waals surface area contributed by atoms with E-state index in [0.717, 1.165) is 24.3 Å². The second kappa shape index (κ2) is 5.65. The molecule has 4 heteroatoms. The van der Waals surface area contributed by atoms with Crippen molar-refractivity contribution in [3.8, 4) is 0 Å². The smallest absolute Gasteiger partial charge is 0.0981 e. The van der Waals surface area contributed by atoms with Crippen LogP contribution in [0.2, 0.25) is 0 Å². The second-order valence-electron chi connectivity index (χ2n) is 5.19. The van der Waals surface area contributed by atoms with Gasteiger partial charge in [-0.1, -0.05) is 6.92 Å². The molecule has 0 saturated heterocycles. The summed E-state index contributed by atoms with van der Waals surface area (Å²) in [6.07, 6.45) is 9.09. The maximum Gasteiger partial charge on any atom is 0.0981 e. The molecular weight excluding hydrogens is 214 g/mol. The van der Waals surface area contributed by atoms with Crippen molar-refractivity contribution in [1.82, 2.24) is 9.78 Å². The normalized spacial score (nSPS) is 27.0. The van der Waals surface area contributed by atoms with Crippen molar-refractivity contribution in [1.29, 1.82) is 0 Å². The Morgan fingerprint density at radius 1 is 1.47 bits per heavy atom. The molecule has 1 unspecified atom stereocenters. The number of nitrogens with two attached hydrogens (primary N) is 1. The standard InChI is InChI=1S/C13H23N3O/c1-10-3-5-12(6-4-10)17-13(7-14)11-8-15-16(2)9-11/h8-10,12-13H,3-7,14H2,1-2H3. The minimum atomic E-state index is 0.00195. The molecule has 1 aromatic heterocycles. The highest BCUT2D eigenvalue weighted by Gasteiger charge is 2.23. The van der Waals surface area contributed by atoms with Crippen LogP contribution in [0.4, 0.5) is 0 Å². The highest BCUT2D eigenvalue weighted by atomic mass is 16.5. The van der Waals surface area contributed by atoms with Gasteiger partial charge in [-0.25, -0.2) is 0 Å². The maximum atomic E-state index is 6.11. The zero-order valence-corrected chi connectivity index (χ0v) is 10.8. The summed E-state index contributed by atoms with van der Waals surface area (Å²) in [6, 6.07) is 0. The highest BCUT2D eigenvalue weighted by Crippen LogP contribution is 2.29. The van der Waals surface area contributed by atoms with Gasteiger partial charge in [0.25, 0.3) is 0 Å². The Hall–Kier alpha value is -0.870. The summed E-state index contributed by atoms with van der Waals surface area (Å²) in [5.41, 5.74) is 6.89. The first kappa shape index (κ1) is 12.6. The van der Waals surface area contributed by atoms with E-state index >= 15 is 0 Å². The summed E-state index contributed by atoms with van der Waals surface area (Å²) in [7, 11) is 1.92. The summed E-state index contributed by atoms with van der Waals surface area (Å²) >= 11 is 0. The van der Waals surface area contributed by atoms with Crippen molar-refractivity contribution in [2.75, 3.05) is 6.54 Å². The minimum Gasteiger partial charge on any atom is -0.369 e. The van der Waals surface area contributed by atoms with Crippen LogP contribution in [0.3, 0.4) is 0 Å². The van der Waals surface area contributed by atoms with Gasteiger partial charge in [-0.15, -0.1) is 0 Å². The maximum absolute atomic E-state index is 6.11. The fraction of sp³-hybridized carbons (Fsp3) is 0.769.